The molecule has 0 saturated carbocycles. The Bertz CT molecular complexity index is 557. The summed E-state index contributed by atoms with van der Waals surface area (Å²) in [6, 6.07) is 8.03. The fourth-order valence-electron chi connectivity index (χ4n) is 2.14. The number of fused-ring (bicyclic) bond motifs is 2. The molecule has 1 heterocycles. The predicted molar refractivity (Wildman–Crippen MR) is 81.2 cm³/mol. The van der Waals surface area contributed by atoms with Gasteiger partial charge in [-0.1, -0.05) is 56.1 Å². The Hall–Kier alpha value is -0.740. The molecule has 2 nitrogen and oxygen atoms in total. The summed E-state index contributed by atoms with van der Waals surface area (Å²) in [6.07, 6.45) is 6.32. The van der Waals surface area contributed by atoms with E-state index in [2.05, 4.69) is 44.0 Å². The molecule has 0 amide bonds. The van der Waals surface area contributed by atoms with E-state index >= 15 is 0 Å². The maximum absolute atomic E-state index is 4.78. The molecule has 0 fully saturated rings. The first-order valence-corrected chi connectivity index (χ1v) is 7.78. The number of alkyl halides is 2. The molecule has 2 atom stereocenters. The Kier molecular flexibility index (Phi) is 3.48. The SMILES string of the molecule is Br[C@@H]1CC=CC[C@H](Br)c2nc3ccccc3nc21. The lowest BCUT2D eigenvalue weighted by molar-refractivity contribution is 0.822. The minimum absolute atomic E-state index is 0.237. The topological polar surface area (TPSA) is 25.8 Å². The summed E-state index contributed by atoms with van der Waals surface area (Å²) >= 11 is 7.42. The second-order valence-electron chi connectivity index (χ2n) is 4.36. The van der Waals surface area contributed by atoms with Gasteiger partial charge in [-0.2, -0.15) is 0 Å². The lowest BCUT2D eigenvalue weighted by Gasteiger charge is -2.18. The van der Waals surface area contributed by atoms with Gasteiger partial charge >= 0.3 is 0 Å². The number of hydrogen-bond acceptors (Lipinski definition) is 2. The van der Waals surface area contributed by atoms with Crippen LogP contribution in [0.2, 0.25) is 0 Å². The summed E-state index contributed by atoms with van der Waals surface area (Å²) < 4.78 is 0. The summed E-state index contributed by atoms with van der Waals surface area (Å²) in [4.78, 5) is 10.0. The smallest absolute Gasteiger partial charge is 0.0890 e. The van der Waals surface area contributed by atoms with Gasteiger partial charge in [0.15, 0.2) is 0 Å². The normalized spacial score (nSPS) is 23.4. The Morgan fingerprint density at radius 1 is 0.833 bits per heavy atom. The fourth-order valence-corrected chi connectivity index (χ4v) is 3.25. The number of halogens is 2. The molecule has 1 aliphatic rings. The van der Waals surface area contributed by atoms with Gasteiger partial charge < -0.3 is 0 Å². The van der Waals surface area contributed by atoms with Crippen molar-refractivity contribution in [3.8, 4) is 0 Å². The average Bonchev–Trinajstić information content (AvgIpc) is 2.40. The highest BCUT2D eigenvalue weighted by Gasteiger charge is 2.22. The molecule has 0 radical (unpaired) electrons. The largest absolute Gasteiger partial charge is 0.248 e. The number of benzene rings is 1. The number of allylic oxidation sites excluding steroid dienone is 2. The lowest BCUT2D eigenvalue weighted by atomic mass is 10.1. The zero-order valence-corrected chi connectivity index (χ0v) is 12.9. The van der Waals surface area contributed by atoms with E-state index in [1.807, 2.05) is 24.3 Å². The van der Waals surface area contributed by atoms with E-state index in [0.717, 1.165) is 35.3 Å². The maximum Gasteiger partial charge on any atom is 0.0890 e. The first kappa shape index (κ1) is 12.3. The zero-order valence-electron chi connectivity index (χ0n) is 9.68. The van der Waals surface area contributed by atoms with Gasteiger partial charge in [0, 0.05) is 0 Å². The highest BCUT2D eigenvalue weighted by Crippen LogP contribution is 2.37. The number of rotatable bonds is 0. The van der Waals surface area contributed by atoms with Gasteiger partial charge in [0.05, 0.1) is 32.1 Å². The van der Waals surface area contributed by atoms with Gasteiger partial charge in [-0.3, -0.25) is 0 Å². The van der Waals surface area contributed by atoms with Crippen LogP contribution in [0.1, 0.15) is 33.9 Å². The molecule has 92 valence electrons. The molecule has 0 unspecified atom stereocenters. The van der Waals surface area contributed by atoms with Crippen LogP contribution in [0.25, 0.3) is 11.0 Å². The van der Waals surface area contributed by atoms with Gasteiger partial charge in [0.25, 0.3) is 0 Å². The van der Waals surface area contributed by atoms with E-state index in [4.69, 9.17) is 9.97 Å². The molecule has 0 aliphatic heterocycles. The monoisotopic (exact) mass is 366 g/mol. The van der Waals surface area contributed by atoms with Crippen molar-refractivity contribution >= 4 is 42.9 Å². The van der Waals surface area contributed by atoms with Crippen LogP contribution in [0.5, 0.6) is 0 Å². The molecule has 1 aliphatic carbocycles. The number of para-hydroxylation sites is 2. The van der Waals surface area contributed by atoms with Crippen molar-refractivity contribution in [2.75, 3.05) is 0 Å². The third kappa shape index (κ3) is 2.24. The van der Waals surface area contributed by atoms with Crippen LogP contribution in [-0.4, -0.2) is 9.97 Å². The minimum Gasteiger partial charge on any atom is -0.248 e. The zero-order chi connectivity index (χ0) is 12.5. The second kappa shape index (κ2) is 5.10. The molecule has 0 N–H and O–H groups in total. The third-order valence-electron chi connectivity index (χ3n) is 3.07. The first-order chi connectivity index (χ1) is 8.75. The van der Waals surface area contributed by atoms with E-state index in [-0.39, 0.29) is 9.65 Å². The predicted octanol–water partition coefficient (Wildman–Crippen LogP) is 4.85. The van der Waals surface area contributed by atoms with Crippen molar-refractivity contribution in [1.82, 2.24) is 9.97 Å². The Morgan fingerprint density at radius 2 is 1.28 bits per heavy atom. The molecule has 0 bridgehead atoms. The van der Waals surface area contributed by atoms with Crippen molar-refractivity contribution < 1.29 is 0 Å². The summed E-state index contributed by atoms with van der Waals surface area (Å²) in [5.41, 5.74) is 4.04. The molecule has 18 heavy (non-hydrogen) atoms. The number of hydrogen-bond donors (Lipinski definition) is 0. The highest BCUT2D eigenvalue weighted by atomic mass is 79.9. The van der Waals surface area contributed by atoms with Crippen LogP contribution in [0.4, 0.5) is 0 Å². The molecule has 1 aromatic carbocycles. The van der Waals surface area contributed by atoms with Gasteiger partial charge in [0.2, 0.25) is 0 Å². The quantitative estimate of drug-likeness (QED) is 0.491. The van der Waals surface area contributed by atoms with Crippen LogP contribution in [0, 0.1) is 0 Å². The van der Waals surface area contributed by atoms with E-state index in [0.29, 0.717) is 0 Å². The Balaban J connectivity index is 2.23. The second-order valence-corrected chi connectivity index (χ2v) is 6.57. The van der Waals surface area contributed by atoms with Crippen LogP contribution < -0.4 is 0 Å². The minimum atomic E-state index is 0.237. The van der Waals surface area contributed by atoms with Crippen molar-refractivity contribution in [1.29, 1.82) is 0 Å². The molecule has 0 spiro atoms. The van der Waals surface area contributed by atoms with E-state index < -0.39 is 0 Å². The van der Waals surface area contributed by atoms with Crippen LogP contribution in [-0.2, 0) is 0 Å². The molecule has 4 heteroatoms. The molecule has 2 aromatic rings. The first-order valence-electron chi connectivity index (χ1n) is 5.95. The third-order valence-corrected chi connectivity index (χ3v) is 4.69. The molecule has 3 rings (SSSR count). The Morgan fingerprint density at radius 3 is 1.72 bits per heavy atom. The fraction of sp³-hybridized carbons (Fsp3) is 0.286. The summed E-state index contributed by atoms with van der Waals surface area (Å²) in [5.74, 6) is 0. The molecule has 1 aromatic heterocycles. The van der Waals surface area contributed by atoms with Crippen molar-refractivity contribution in [3.63, 3.8) is 0 Å². The standard InChI is InChI=1S/C14H12Br2N2/c15-9-5-1-2-6-10(16)14-13(9)17-11-7-3-4-8-12(11)18-14/h1-4,7-10H,5-6H2/t9-,10+. The van der Waals surface area contributed by atoms with Gasteiger partial charge in [0.1, 0.15) is 0 Å². The van der Waals surface area contributed by atoms with E-state index in [1.165, 1.54) is 0 Å². The highest BCUT2D eigenvalue weighted by molar-refractivity contribution is 9.09. The summed E-state index contributed by atoms with van der Waals surface area (Å²) in [7, 11) is 0. The van der Waals surface area contributed by atoms with Gasteiger partial charge in [-0.05, 0) is 25.0 Å². The Labute approximate surface area is 123 Å². The van der Waals surface area contributed by atoms with Crippen LogP contribution in [0.3, 0.4) is 0 Å². The van der Waals surface area contributed by atoms with Crippen molar-refractivity contribution in [3.05, 3.63) is 47.8 Å². The van der Waals surface area contributed by atoms with E-state index in [1.54, 1.807) is 0 Å². The molecular formula is C14H12Br2N2. The van der Waals surface area contributed by atoms with Crippen molar-refractivity contribution in [2.45, 2.75) is 22.5 Å². The van der Waals surface area contributed by atoms with Gasteiger partial charge in [-0.25, -0.2) is 9.97 Å². The lowest BCUT2D eigenvalue weighted by Crippen LogP contribution is -2.07. The molecule has 0 saturated heterocycles. The number of aromatic nitrogens is 2. The van der Waals surface area contributed by atoms with E-state index in [9.17, 15) is 0 Å². The van der Waals surface area contributed by atoms with Crippen molar-refractivity contribution in [2.24, 2.45) is 0 Å². The number of nitrogens with zero attached hydrogens (tertiary/aromatic N) is 2. The van der Waals surface area contributed by atoms with Gasteiger partial charge in [-0.15, -0.1) is 0 Å². The maximum atomic E-state index is 4.78. The summed E-state index contributed by atoms with van der Waals surface area (Å²) in [6.45, 7) is 0. The molecular weight excluding hydrogens is 356 g/mol. The van der Waals surface area contributed by atoms with Crippen LogP contribution in [0.15, 0.2) is 36.4 Å². The van der Waals surface area contributed by atoms with Crippen LogP contribution >= 0.6 is 31.9 Å². The average molecular weight is 368 g/mol. The summed E-state index contributed by atoms with van der Waals surface area (Å²) in [5, 5.41) is 0.